The van der Waals surface area contributed by atoms with Gasteiger partial charge >= 0.3 is 0 Å². The Morgan fingerprint density at radius 3 is 2.61 bits per heavy atom. The van der Waals surface area contributed by atoms with Gasteiger partial charge in [0.1, 0.15) is 11.6 Å². The van der Waals surface area contributed by atoms with E-state index in [0.29, 0.717) is 16.0 Å². The number of hydrogen-bond donors (Lipinski definition) is 2. The second-order valence-corrected chi connectivity index (χ2v) is 8.19. The van der Waals surface area contributed by atoms with Crippen LogP contribution in [0.2, 0.25) is 0 Å². The number of furan rings is 1. The first-order valence-corrected chi connectivity index (χ1v) is 10.4. The van der Waals surface area contributed by atoms with E-state index >= 15 is 0 Å². The van der Waals surface area contributed by atoms with Crippen molar-refractivity contribution in [3.8, 4) is 28.0 Å². The van der Waals surface area contributed by atoms with Crippen LogP contribution in [0.25, 0.3) is 26.6 Å². The molecule has 0 bridgehead atoms. The molecule has 166 valence electrons. The summed E-state index contributed by atoms with van der Waals surface area (Å²) in [7, 11) is 0. The lowest BCUT2D eigenvalue weighted by atomic mass is 10.0. The number of rotatable bonds is 4. The maximum Gasteiger partial charge on any atom is 0.242 e. The Balaban J connectivity index is 1.85. The van der Waals surface area contributed by atoms with Gasteiger partial charge in [-0.2, -0.15) is 0 Å². The molecule has 10 heteroatoms. The fourth-order valence-corrected chi connectivity index (χ4v) is 4.55. The predicted molar refractivity (Wildman–Crippen MR) is 114 cm³/mol. The molecule has 6 nitrogen and oxygen atoms in total. The van der Waals surface area contributed by atoms with Gasteiger partial charge in [0.25, 0.3) is 0 Å². The minimum absolute atomic E-state index is 0.00302. The van der Waals surface area contributed by atoms with Crippen LogP contribution >= 0.6 is 11.3 Å². The molecule has 33 heavy (non-hydrogen) atoms. The van der Waals surface area contributed by atoms with E-state index in [2.05, 4.69) is 4.98 Å². The van der Waals surface area contributed by atoms with Gasteiger partial charge in [-0.15, -0.1) is 0 Å². The van der Waals surface area contributed by atoms with E-state index < -0.39 is 46.0 Å². The van der Waals surface area contributed by atoms with E-state index in [1.165, 1.54) is 42.5 Å². The molecule has 2 aromatic carbocycles. The second kappa shape index (κ2) is 7.52. The van der Waals surface area contributed by atoms with Crippen molar-refractivity contribution in [3.05, 3.63) is 83.1 Å². The molecule has 5 aromatic rings. The summed E-state index contributed by atoms with van der Waals surface area (Å²) in [5, 5.41) is 21.5. The fourth-order valence-electron chi connectivity index (χ4n) is 3.55. The van der Waals surface area contributed by atoms with Crippen LogP contribution in [-0.2, 0) is 0 Å². The Kier molecular flexibility index (Phi) is 4.75. The summed E-state index contributed by atoms with van der Waals surface area (Å²) in [5.41, 5.74) is -0.871. The van der Waals surface area contributed by atoms with Crippen molar-refractivity contribution in [1.82, 2.24) is 9.55 Å². The van der Waals surface area contributed by atoms with Crippen molar-refractivity contribution in [2.75, 3.05) is 0 Å². The van der Waals surface area contributed by atoms with Crippen LogP contribution in [0.4, 0.5) is 13.2 Å². The van der Waals surface area contributed by atoms with E-state index in [1.807, 2.05) is 0 Å². The average Bonchev–Trinajstić information content (AvgIpc) is 3.46. The summed E-state index contributed by atoms with van der Waals surface area (Å²) >= 11 is 0.921. The summed E-state index contributed by atoms with van der Waals surface area (Å²) in [5.74, 6) is -5.32. The molecule has 0 saturated heterocycles. The van der Waals surface area contributed by atoms with Gasteiger partial charge in [0.15, 0.2) is 28.3 Å². The van der Waals surface area contributed by atoms with Crippen LogP contribution in [0.15, 0.2) is 52.9 Å². The standard InChI is InChI=1S/C23H13F3N2O4S/c1-10-5-8-15(32-10)20(29)17-19(12-3-2-4-13(25)18(12)26)28(22(31)21(17)30)23-27-14-7-6-11(24)9-16(14)33-23/h2-9,30-31H,1H3. The van der Waals surface area contributed by atoms with Crippen LogP contribution in [-0.4, -0.2) is 25.5 Å². The van der Waals surface area contributed by atoms with Crippen molar-refractivity contribution in [2.45, 2.75) is 6.92 Å². The number of hydrogen-bond acceptors (Lipinski definition) is 6. The zero-order valence-corrected chi connectivity index (χ0v) is 17.6. The van der Waals surface area contributed by atoms with Crippen LogP contribution in [0.5, 0.6) is 11.6 Å². The molecule has 0 atom stereocenters. The van der Waals surface area contributed by atoms with Gasteiger partial charge in [-0.05, 0) is 49.4 Å². The maximum atomic E-state index is 14.9. The first kappa shape index (κ1) is 20.8. The number of halogens is 3. The minimum atomic E-state index is -1.30. The number of aromatic nitrogens is 2. The molecule has 0 radical (unpaired) electrons. The third-order valence-corrected chi connectivity index (χ3v) is 6.05. The molecule has 0 aliphatic carbocycles. The predicted octanol–water partition coefficient (Wildman–Crippen LogP) is 5.71. The molecule has 0 aliphatic rings. The average molecular weight is 470 g/mol. The van der Waals surface area contributed by atoms with Gasteiger partial charge in [-0.1, -0.05) is 17.4 Å². The summed E-state index contributed by atoms with van der Waals surface area (Å²) in [6.45, 7) is 1.60. The molecule has 2 N–H and O–H groups in total. The molecule has 0 fully saturated rings. The Labute approximate surface area is 187 Å². The first-order valence-electron chi connectivity index (χ1n) is 9.55. The van der Waals surface area contributed by atoms with E-state index in [1.54, 1.807) is 6.92 Å². The van der Waals surface area contributed by atoms with Crippen molar-refractivity contribution in [3.63, 3.8) is 0 Å². The molecule has 0 saturated carbocycles. The van der Waals surface area contributed by atoms with Gasteiger partial charge in [0.2, 0.25) is 11.7 Å². The third kappa shape index (κ3) is 3.26. The molecular formula is C23H13F3N2O4S. The number of ketones is 1. The van der Waals surface area contributed by atoms with E-state index in [-0.39, 0.29) is 16.6 Å². The summed E-state index contributed by atoms with van der Waals surface area (Å²) in [4.78, 5) is 17.5. The van der Waals surface area contributed by atoms with Crippen LogP contribution < -0.4 is 0 Å². The highest BCUT2D eigenvalue weighted by atomic mass is 32.1. The first-order chi connectivity index (χ1) is 15.8. The fraction of sp³-hybridized carbons (Fsp3) is 0.0435. The largest absolute Gasteiger partial charge is 0.503 e. The molecule has 5 rings (SSSR count). The quantitative estimate of drug-likeness (QED) is 0.328. The molecule has 0 aliphatic heterocycles. The molecule has 3 heterocycles. The van der Waals surface area contributed by atoms with Gasteiger partial charge in [-0.3, -0.25) is 9.36 Å². The number of aromatic hydroxyl groups is 2. The molecule has 0 unspecified atom stereocenters. The Bertz CT molecular complexity index is 1570. The normalized spacial score (nSPS) is 11.4. The molecular weight excluding hydrogens is 457 g/mol. The second-order valence-electron chi connectivity index (χ2n) is 7.18. The van der Waals surface area contributed by atoms with Crippen LogP contribution in [0.3, 0.4) is 0 Å². The topological polar surface area (TPSA) is 88.5 Å². The molecule has 0 spiro atoms. The highest BCUT2D eigenvalue weighted by molar-refractivity contribution is 7.20. The number of thiazole rings is 1. The lowest BCUT2D eigenvalue weighted by Crippen LogP contribution is -2.05. The van der Waals surface area contributed by atoms with Crippen LogP contribution in [0, 0.1) is 24.4 Å². The van der Waals surface area contributed by atoms with Crippen molar-refractivity contribution < 1.29 is 32.6 Å². The molecule has 0 amide bonds. The number of aryl methyl sites for hydroxylation is 1. The number of fused-ring (bicyclic) bond motifs is 1. The Morgan fingerprint density at radius 2 is 1.88 bits per heavy atom. The monoisotopic (exact) mass is 470 g/mol. The van der Waals surface area contributed by atoms with E-state index in [9.17, 15) is 28.2 Å². The highest BCUT2D eigenvalue weighted by Crippen LogP contribution is 2.46. The third-order valence-electron chi connectivity index (χ3n) is 5.05. The van der Waals surface area contributed by atoms with Gasteiger partial charge in [0.05, 0.1) is 21.5 Å². The highest BCUT2D eigenvalue weighted by Gasteiger charge is 2.33. The minimum Gasteiger partial charge on any atom is -0.503 e. The Hall–Kier alpha value is -4.05. The van der Waals surface area contributed by atoms with Crippen molar-refractivity contribution in [2.24, 2.45) is 0 Å². The summed E-state index contributed by atoms with van der Waals surface area (Å²) in [6.07, 6.45) is 0. The number of benzene rings is 2. The SMILES string of the molecule is Cc1ccc(C(=O)c2c(O)c(O)n(-c3nc4ccc(F)cc4s3)c2-c2cccc(F)c2F)o1. The van der Waals surface area contributed by atoms with E-state index in [0.717, 1.165) is 22.0 Å². The van der Waals surface area contributed by atoms with Gasteiger partial charge < -0.3 is 14.6 Å². The lowest BCUT2D eigenvalue weighted by Gasteiger charge is -2.10. The lowest BCUT2D eigenvalue weighted by molar-refractivity contribution is 0.101. The van der Waals surface area contributed by atoms with Gasteiger partial charge in [0, 0.05) is 5.56 Å². The van der Waals surface area contributed by atoms with Crippen molar-refractivity contribution in [1.29, 1.82) is 0 Å². The summed E-state index contributed by atoms with van der Waals surface area (Å²) in [6, 6.07) is 10.0. The van der Waals surface area contributed by atoms with E-state index in [4.69, 9.17) is 4.42 Å². The Morgan fingerprint density at radius 1 is 1.09 bits per heavy atom. The number of carbonyl (C=O) groups is 1. The van der Waals surface area contributed by atoms with Crippen molar-refractivity contribution >= 4 is 27.3 Å². The number of nitrogens with zero attached hydrogens (tertiary/aromatic N) is 2. The number of carbonyl (C=O) groups excluding carboxylic acids is 1. The maximum absolute atomic E-state index is 14.9. The zero-order chi connectivity index (χ0) is 23.4. The zero-order valence-electron chi connectivity index (χ0n) is 16.8. The van der Waals surface area contributed by atoms with Gasteiger partial charge in [-0.25, -0.2) is 18.2 Å². The smallest absolute Gasteiger partial charge is 0.242 e. The van der Waals surface area contributed by atoms with Crippen LogP contribution in [0.1, 0.15) is 21.9 Å². The molecule has 3 aromatic heterocycles. The summed E-state index contributed by atoms with van der Waals surface area (Å²) < 4.78 is 49.3.